The highest BCUT2D eigenvalue weighted by Crippen LogP contribution is 2.14. The van der Waals surface area contributed by atoms with Crippen LogP contribution < -0.4 is 5.32 Å². The molecule has 0 spiro atoms. The molecule has 2 rings (SSSR count). The second-order valence-electron chi connectivity index (χ2n) is 5.20. The third-order valence-electron chi connectivity index (χ3n) is 3.45. The summed E-state index contributed by atoms with van der Waals surface area (Å²) in [6, 6.07) is 5.51. The van der Waals surface area contributed by atoms with Crippen LogP contribution in [0.15, 0.2) is 24.3 Å². The van der Waals surface area contributed by atoms with Crippen molar-refractivity contribution in [2.24, 2.45) is 0 Å². The van der Waals surface area contributed by atoms with E-state index in [2.05, 4.69) is 5.32 Å². The van der Waals surface area contributed by atoms with Crippen LogP contribution in [-0.2, 0) is 19.1 Å². The second kappa shape index (κ2) is 8.94. The molecule has 0 aromatic heterocycles. The first kappa shape index (κ1) is 18.6. The third-order valence-corrected chi connectivity index (χ3v) is 4.35. The maximum atomic E-state index is 12.3. The van der Waals surface area contributed by atoms with Crippen molar-refractivity contribution < 1.29 is 23.9 Å². The highest BCUT2D eigenvalue weighted by molar-refractivity contribution is 7.98. The van der Waals surface area contributed by atoms with E-state index in [9.17, 15) is 14.4 Å². The number of ether oxygens (including phenoxy) is 2. The van der Waals surface area contributed by atoms with E-state index in [4.69, 9.17) is 21.1 Å². The molecule has 1 saturated heterocycles. The number of carbonyl (C=O) groups excluding carboxylic acids is 3. The Kier molecular flexibility index (Phi) is 6.93. The molecular weight excluding hydrogens is 354 g/mol. The van der Waals surface area contributed by atoms with E-state index < -0.39 is 30.0 Å². The molecular formula is C16H18ClNO5S. The highest BCUT2D eigenvalue weighted by atomic mass is 35.5. The topological polar surface area (TPSA) is 81.7 Å². The van der Waals surface area contributed by atoms with Gasteiger partial charge in [0.2, 0.25) is 6.10 Å². The Hall–Kier alpha value is -1.73. The lowest BCUT2D eigenvalue weighted by molar-refractivity contribution is -0.161. The molecule has 0 radical (unpaired) electrons. The smallest absolute Gasteiger partial charge is 0.347 e. The molecule has 1 aliphatic heterocycles. The summed E-state index contributed by atoms with van der Waals surface area (Å²) in [6.07, 6.45) is 1.76. The summed E-state index contributed by atoms with van der Waals surface area (Å²) in [4.78, 5) is 36.0. The second-order valence-corrected chi connectivity index (χ2v) is 6.62. The zero-order valence-electron chi connectivity index (χ0n) is 13.1. The Morgan fingerprint density at radius 3 is 2.71 bits per heavy atom. The summed E-state index contributed by atoms with van der Waals surface area (Å²) >= 11 is 7.34. The summed E-state index contributed by atoms with van der Waals surface area (Å²) in [6.45, 7) is 0.239. The Labute approximate surface area is 149 Å². The van der Waals surface area contributed by atoms with E-state index in [-0.39, 0.29) is 6.61 Å². The van der Waals surface area contributed by atoms with Crippen molar-refractivity contribution in [3.63, 3.8) is 0 Å². The molecule has 1 amide bonds. The van der Waals surface area contributed by atoms with Crippen LogP contribution >= 0.6 is 23.4 Å². The number of halogens is 1. The van der Waals surface area contributed by atoms with E-state index in [0.29, 0.717) is 29.2 Å². The summed E-state index contributed by atoms with van der Waals surface area (Å²) in [5.74, 6) is -0.912. The monoisotopic (exact) mass is 371 g/mol. The van der Waals surface area contributed by atoms with Crippen LogP contribution in [0.5, 0.6) is 0 Å². The van der Waals surface area contributed by atoms with Crippen molar-refractivity contribution in [3.8, 4) is 0 Å². The predicted molar refractivity (Wildman–Crippen MR) is 91.2 cm³/mol. The Bertz CT molecular complexity index is 607. The van der Waals surface area contributed by atoms with Crippen molar-refractivity contribution >= 4 is 41.2 Å². The molecule has 0 unspecified atom stereocenters. The summed E-state index contributed by atoms with van der Waals surface area (Å²) in [7, 11) is 0. The standard InChI is InChI=1S/C16H18ClNO5S/c1-24-9-7-12(15(20)23-13-6-8-22-16(13)21)18-14(19)10-2-4-11(17)5-3-10/h2-5,12-13H,6-9H2,1H3,(H,18,19)/t12-,13+/m0/s1. The molecule has 2 atom stereocenters. The number of hydrogen-bond acceptors (Lipinski definition) is 6. The summed E-state index contributed by atoms with van der Waals surface area (Å²) in [5, 5.41) is 3.17. The fourth-order valence-electron chi connectivity index (χ4n) is 2.13. The Morgan fingerprint density at radius 2 is 2.12 bits per heavy atom. The fourth-order valence-corrected chi connectivity index (χ4v) is 2.73. The molecule has 1 N–H and O–H groups in total. The Balaban J connectivity index is 2.00. The van der Waals surface area contributed by atoms with Gasteiger partial charge in [-0.2, -0.15) is 11.8 Å². The molecule has 0 aliphatic carbocycles. The molecule has 1 heterocycles. The van der Waals surface area contributed by atoms with Crippen molar-refractivity contribution in [2.45, 2.75) is 25.0 Å². The fraction of sp³-hybridized carbons (Fsp3) is 0.438. The number of hydrogen-bond donors (Lipinski definition) is 1. The molecule has 6 nitrogen and oxygen atoms in total. The summed E-state index contributed by atoms with van der Waals surface area (Å²) in [5.41, 5.74) is 0.390. The van der Waals surface area contributed by atoms with Gasteiger partial charge in [0.05, 0.1) is 6.61 Å². The number of carbonyl (C=O) groups is 3. The van der Waals surface area contributed by atoms with E-state index >= 15 is 0 Å². The van der Waals surface area contributed by atoms with Crippen LogP contribution in [0.25, 0.3) is 0 Å². The number of benzene rings is 1. The largest absolute Gasteiger partial charge is 0.463 e. The number of rotatable bonds is 7. The Morgan fingerprint density at radius 1 is 1.42 bits per heavy atom. The first-order chi connectivity index (χ1) is 11.5. The van der Waals surface area contributed by atoms with Gasteiger partial charge in [-0.05, 0) is 42.7 Å². The van der Waals surface area contributed by atoms with Crippen LogP contribution in [0.1, 0.15) is 23.2 Å². The van der Waals surface area contributed by atoms with Gasteiger partial charge in [-0.1, -0.05) is 11.6 Å². The number of nitrogens with one attached hydrogen (secondary N) is 1. The van der Waals surface area contributed by atoms with Gasteiger partial charge in [-0.25, -0.2) is 9.59 Å². The van der Waals surface area contributed by atoms with Gasteiger partial charge in [0, 0.05) is 17.0 Å². The minimum Gasteiger partial charge on any atom is -0.463 e. The van der Waals surface area contributed by atoms with Gasteiger partial charge in [-0.3, -0.25) is 4.79 Å². The highest BCUT2D eigenvalue weighted by Gasteiger charge is 2.33. The minimum absolute atomic E-state index is 0.239. The third kappa shape index (κ3) is 5.14. The molecule has 1 fully saturated rings. The minimum atomic E-state index is -0.887. The van der Waals surface area contributed by atoms with E-state index in [1.54, 1.807) is 36.0 Å². The molecule has 1 aliphatic rings. The van der Waals surface area contributed by atoms with Crippen LogP contribution in [0, 0.1) is 0 Å². The molecule has 0 saturated carbocycles. The number of esters is 2. The van der Waals surface area contributed by atoms with E-state index in [1.807, 2.05) is 6.26 Å². The van der Waals surface area contributed by atoms with Gasteiger partial charge >= 0.3 is 11.9 Å². The summed E-state index contributed by atoms with van der Waals surface area (Å²) < 4.78 is 9.95. The first-order valence-corrected chi connectivity index (χ1v) is 9.21. The average Bonchev–Trinajstić information content (AvgIpc) is 2.96. The molecule has 1 aromatic carbocycles. The number of amides is 1. The first-order valence-electron chi connectivity index (χ1n) is 7.43. The quantitative estimate of drug-likeness (QED) is 0.739. The van der Waals surface area contributed by atoms with Crippen LogP contribution in [0.4, 0.5) is 0 Å². The van der Waals surface area contributed by atoms with Crippen molar-refractivity contribution in [1.82, 2.24) is 5.32 Å². The van der Waals surface area contributed by atoms with E-state index in [1.165, 1.54) is 0 Å². The molecule has 1 aromatic rings. The van der Waals surface area contributed by atoms with Crippen LogP contribution in [0.2, 0.25) is 5.02 Å². The number of cyclic esters (lactones) is 1. The zero-order chi connectivity index (χ0) is 17.5. The van der Waals surface area contributed by atoms with Gasteiger partial charge in [-0.15, -0.1) is 0 Å². The SMILES string of the molecule is CSCC[C@H](NC(=O)c1ccc(Cl)cc1)C(=O)O[C@@H]1CCOC1=O. The van der Waals surface area contributed by atoms with Crippen LogP contribution in [-0.4, -0.2) is 48.6 Å². The van der Waals surface area contributed by atoms with Gasteiger partial charge in [0.1, 0.15) is 6.04 Å². The maximum absolute atomic E-state index is 12.3. The predicted octanol–water partition coefficient (Wildman–Crippen LogP) is 2.05. The maximum Gasteiger partial charge on any atom is 0.347 e. The lowest BCUT2D eigenvalue weighted by Crippen LogP contribution is -2.44. The average molecular weight is 372 g/mol. The van der Waals surface area contributed by atoms with Crippen LogP contribution in [0.3, 0.4) is 0 Å². The van der Waals surface area contributed by atoms with Gasteiger partial charge in [0.25, 0.3) is 5.91 Å². The normalized spacial score (nSPS) is 17.9. The van der Waals surface area contributed by atoms with E-state index in [0.717, 1.165) is 0 Å². The van der Waals surface area contributed by atoms with Crippen molar-refractivity contribution in [2.75, 3.05) is 18.6 Å². The molecule has 8 heteroatoms. The molecule has 24 heavy (non-hydrogen) atoms. The lowest BCUT2D eigenvalue weighted by atomic mass is 10.1. The van der Waals surface area contributed by atoms with Gasteiger partial charge < -0.3 is 14.8 Å². The molecule has 0 bridgehead atoms. The zero-order valence-corrected chi connectivity index (χ0v) is 14.7. The lowest BCUT2D eigenvalue weighted by Gasteiger charge is -2.19. The van der Waals surface area contributed by atoms with Gasteiger partial charge in [0.15, 0.2) is 0 Å². The van der Waals surface area contributed by atoms with Crippen molar-refractivity contribution in [1.29, 1.82) is 0 Å². The number of thioether (sulfide) groups is 1. The van der Waals surface area contributed by atoms with Crippen molar-refractivity contribution in [3.05, 3.63) is 34.9 Å². The molecule has 130 valence electrons.